The fourth-order valence-corrected chi connectivity index (χ4v) is 4.09. The summed E-state index contributed by atoms with van der Waals surface area (Å²) in [7, 11) is 0. The van der Waals surface area contributed by atoms with Crippen LogP contribution < -0.4 is 10.2 Å². The Bertz CT molecular complexity index is 857. The van der Waals surface area contributed by atoms with Crippen LogP contribution in [0, 0.1) is 6.92 Å². The van der Waals surface area contributed by atoms with Gasteiger partial charge in [-0.25, -0.2) is 9.97 Å². The van der Waals surface area contributed by atoms with E-state index < -0.39 is 0 Å². The van der Waals surface area contributed by atoms with Crippen LogP contribution in [0.5, 0.6) is 0 Å². The van der Waals surface area contributed by atoms with Gasteiger partial charge in [-0.3, -0.25) is 9.78 Å². The van der Waals surface area contributed by atoms with Crippen molar-refractivity contribution in [3.05, 3.63) is 53.2 Å². The Labute approximate surface area is 166 Å². The molecule has 1 aliphatic carbocycles. The normalized spacial score (nSPS) is 17.5. The Morgan fingerprint density at radius 2 is 2.04 bits per heavy atom. The molecule has 146 valence electrons. The first-order valence-electron chi connectivity index (χ1n) is 10.2. The highest BCUT2D eigenvalue weighted by Crippen LogP contribution is 2.29. The van der Waals surface area contributed by atoms with Crippen LogP contribution in [-0.4, -0.2) is 40.0 Å². The van der Waals surface area contributed by atoms with Gasteiger partial charge >= 0.3 is 0 Å². The molecule has 4 rings (SSSR count). The van der Waals surface area contributed by atoms with Gasteiger partial charge in [-0.15, -0.1) is 0 Å². The third-order valence-corrected chi connectivity index (χ3v) is 5.53. The van der Waals surface area contributed by atoms with E-state index in [1.54, 1.807) is 24.5 Å². The number of hydrogen-bond donors (Lipinski definition) is 1. The SMILES string of the molecule is Cc1nc2c(c(N3CCC(NC(=O)/C=C/c4cccnc4)CC3)n1)CCCC2. The Morgan fingerprint density at radius 3 is 2.82 bits per heavy atom. The molecule has 0 saturated carbocycles. The molecule has 1 saturated heterocycles. The van der Waals surface area contributed by atoms with Gasteiger partial charge in [0, 0.05) is 48.9 Å². The van der Waals surface area contributed by atoms with E-state index >= 15 is 0 Å². The second kappa shape index (κ2) is 8.50. The Hall–Kier alpha value is -2.76. The van der Waals surface area contributed by atoms with Crippen molar-refractivity contribution in [2.24, 2.45) is 0 Å². The van der Waals surface area contributed by atoms with Crippen LogP contribution >= 0.6 is 0 Å². The van der Waals surface area contributed by atoms with Gasteiger partial charge in [0.25, 0.3) is 0 Å². The fourth-order valence-electron chi connectivity index (χ4n) is 4.09. The summed E-state index contributed by atoms with van der Waals surface area (Å²) in [5, 5.41) is 3.13. The maximum absolute atomic E-state index is 12.2. The number of rotatable bonds is 4. The van der Waals surface area contributed by atoms with Gasteiger partial charge in [-0.1, -0.05) is 6.07 Å². The smallest absolute Gasteiger partial charge is 0.244 e. The maximum atomic E-state index is 12.2. The lowest BCUT2D eigenvalue weighted by Gasteiger charge is -2.35. The van der Waals surface area contributed by atoms with E-state index in [0.29, 0.717) is 0 Å². The monoisotopic (exact) mass is 377 g/mol. The van der Waals surface area contributed by atoms with Gasteiger partial charge in [0.1, 0.15) is 11.6 Å². The molecule has 2 aromatic heterocycles. The second-order valence-electron chi connectivity index (χ2n) is 7.62. The lowest BCUT2D eigenvalue weighted by atomic mass is 9.95. The number of pyridine rings is 1. The number of carbonyl (C=O) groups excluding carboxylic acids is 1. The summed E-state index contributed by atoms with van der Waals surface area (Å²) in [6, 6.07) is 4.00. The van der Waals surface area contributed by atoms with E-state index in [1.807, 2.05) is 19.1 Å². The van der Waals surface area contributed by atoms with Crippen molar-refractivity contribution in [2.75, 3.05) is 18.0 Å². The molecule has 6 nitrogen and oxygen atoms in total. The molecular weight excluding hydrogens is 350 g/mol. The van der Waals surface area contributed by atoms with Crippen LogP contribution in [-0.2, 0) is 17.6 Å². The predicted molar refractivity (Wildman–Crippen MR) is 110 cm³/mol. The van der Waals surface area contributed by atoms with Crippen molar-refractivity contribution in [3.8, 4) is 0 Å². The lowest BCUT2D eigenvalue weighted by molar-refractivity contribution is -0.117. The zero-order valence-electron chi connectivity index (χ0n) is 16.4. The summed E-state index contributed by atoms with van der Waals surface area (Å²) in [5.74, 6) is 1.95. The first-order chi connectivity index (χ1) is 13.7. The van der Waals surface area contributed by atoms with Crippen LogP contribution in [0.1, 0.15) is 48.3 Å². The van der Waals surface area contributed by atoms with Gasteiger partial charge in [0.2, 0.25) is 5.91 Å². The Kier molecular flexibility index (Phi) is 5.65. The second-order valence-corrected chi connectivity index (χ2v) is 7.62. The van der Waals surface area contributed by atoms with E-state index in [-0.39, 0.29) is 11.9 Å². The highest BCUT2D eigenvalue weighted by molar-refractivity contribution is 5.91. The summed E-state index contributed by atoms with van der Waals surface area (Å²) < 4.78 is 0. The highest BCUT2D eigenvalue weighted by Gasteiger charge is 2.25. The van der Waals surface area contributed by atoms with Crippen LogP contribution in [0.3, 0.4) is 0 Å². The number of nitrogens with zero attached hydrogens (tertiary/aromatic N) is 4. The number of hydrogen-bond acceptors (Lipinski definition) is 5. The van der Waals surface area contributed by atoms with Gasteiger partial charge < -0.3 is 10.2 Å². The van der Waals surface area contributed by atoms with Crippen molar-refractivity contribution in [1.29, 1.82) is 0 Å². The molecule has 1 amide bonds. The summed E-state index contributed by atoms with van der Waals surface area (Å²) >= 11 is 0. The topological polar surface area (TPSA) is 71.0 Å². The molecule has 1 fully saturated rings. The molecule has 0 atom stereocenters. The number of piperidine rings is 1. The molecule has 1 aliphatic heterocycles. The van der Waals surface area contributed by atoms with Gasteiger partial charge in [-0.05, 0) is 63.2 Å². The molecule has 1 N–H and O–H groups in total. The fraction of sp³-hybridized carbons (Fsp3) is 0.455. The zero-order chi connectivity index (χ0) is 19.3. The van der Waals surface area contributed by atoms with Crippen molar-refractivity contribution >= 4 is 17.8 Å². The molecule has 0 spiro atoms. The average Bonchev–Trinajstić information content (AvgIpc) is 2.73. The minimum absolute atomic E-state index is 0.0439. The number of amides is 1. The van der Waals surface area contributed by atoms with Crippen molar-refractivity contribution in [1.82, 2.24) is 20.3 Å². The standard InChI is InChI=1S/C22H27N5O/c1-16-24-20-7-3-2-6-19(20)22(25-16)27-13-10-18(11-14-27)26-21(28)9-8-17-5-4-12-23-15-17/h4-5,8-9,12,15,18H,2-3,6-7,10-11,13-14H2,1H3,(H,26,28)/b9-8+. The van der Waals surface area contributed by atoms with E-state index in [1.165, 1.54) is 24.1 Å². The van der Waals surface area contributed by atoms with Crippen LogP contribution in [0.2, 0.25) is 0 Å². The molecule has 0 bridgehead atoms. The minimum atomic E-state index is -0.0439. The lowest BCUT2D eigenvalue weighted by Crippen LogP contribution is -2.45. The molecule has 0 unspecified atom stereocenters. The summed E-state index contributed by atoms with van der Waals surface area (Å²) in [4.78, 5) is 28.1. The third-order valence-electron chi connectivity index (χ3n) is 5.53. The van der Waals surface area contributed by atoms with Gasteiger partial charge in [0.05, 0.1) is 0 Å². The molecule has 2 aromatic rings. The van der Waals surface area contributed by atoms with Crippen molar-refractivity contribution < 1.29 is 4.79 Å². The first kappa shape index (κ1) is 18.6. The predicted octanol–water partition coefficient (Wildman–Crippen LogP) is 2.86. The summed E-state index contributed by atoms with van der Waals surface area (Å²) in [6.45, 7) is 3.82. The van der Waals surface area contributed by atoms with Crippen LogP contribution in [0.4, 0.5) is 5.82 Å². The Balaban J connectivity index is 1.34. The first-order valence-corrected chi connectivity index (χ1v) is 10.2. The number of nitrogens with one attached hydrogen (secondary N) is 1. The number of carbonyl (C=O) groups is 1. The van der Waals surface area contributed by atoms with Crippen LogP contribution in [0.25, 0.3) is 6.08 Å². The third kappa shape index (κ3) is 4.38. The summed E-state index contributed by atoms with van der Waals surface area (Å²) in [6.07, 6.45) is 13.3. The molecule has 0 radical (unpaired) electrons. The molecule has 0 aromatic carbocycles. The largest absolute Gasteiger partial charge is 0.356 e. The maximum Gasteiger partial charge on any atom is 0.244 e. The summed E-state index contributed by atoms with van der Waals surface area (Å²) in [5.41, 5.74) is 3.51. The number of aryl methyl sites for hydroxylation is 2. The molecule has 6 heteroatoms. The Morgan fingerprint density at radius 1 is 1.21 bits per heavy atom. The van der Waals surface area contributed by atoms with E-state index in [2.05, 4.69) is 20.2 Å². The molecule has 28 heavy (non-hydrogen) atoms. The number of anilines is 1. The van der Waals surface area contributed by atoms with Gasteiger partial charge in [-0.2, -0.15) is 0 Å². The molecular formula is C22H27N5O. The number of aromatic nitrogens is 3. The van der Waals surface area contributed by atoms with Crippen molar-refractivity contribution in [2.45, 2.75) is 51.5 Å². The van der Waals surface area contributed by atoms with E-state index in [0.717, 1.165) is 56.0 Å². The molecule has 3 heterocycles. The zero-order valence-corrected chi connectivity index (χ0v) is 16.4. The molecule has 2 aliphatic rings. The van der Waals surface area contributed by atoms with E-state index in [9.17, 15) is 4.79 Å². The average molecular weight is 377 g/mol. The quantitative estimate of drug-likeness (QED) is 0.830. The number of fused-ring (bicyclic) bond motifs is 1. The van der Waals surface area contributed by atoms with E-state index in [4.69, 9.17) is 4.98 Å². The minimum Gasteiger partial charge on any atom is -0.356 e. The highest BCUT2D eigenvalue weighted by atomic mass is 16.1. The van der Waals surface area contributed by atoms with Crippen LogP contribution in [0.15, 0.2) is 30.6 Å². The van der Waals surface area contributed by atoms with Gasteiger partial charge in [0.15, 0.2) is 0 Å². The van der Waals surface area contributed by atoms with Crippen molar-refractivity contribution in [3.63, 3.8) is 0 Å².